The van der Waals surface area contributed by atoms with Gasteiger partial charge in [0.05, 0.1) is 17.6 Å². The van der Waals surface area contributed by atoms with E-state index in [1.54, 1.807) is 24.4 Å². The highest BCUT2D eigenvalue weighted by Crippen LogP contribution is 2.17. The number of carbonyl (C=O) groups is 1. The molecule has 22 heavy (non-hydrogen) atoms. The fourth-order valence-corrected chi connectivity index (χ4v) is 1.96. The van der Waals surface area contributed by atoms with Crippen LogP contribution in [0.25, 0.3) is 0 Å². The lowest BCUT2D eigenvalue weighted by Gasteiger charge is -2.02. The Hall–Kier alpha value is -3.02. The minimum Gasteiger partial charge on any atom is -0.273 e. The van der Waals surface area contributed by atoms with Gasteiger partial charge in [0.1, 0.15) is 0 Å². The van der Waals surface area contributed by atoms with E-state index in [-0.39, 0.29) is 12.1 Å². The van der Waals surface area contributed by atoms with E-state index in [9.17, 15) is 14.9 Å². The van der Waals surface area contributed by atoms with Gasteiger partial charge in [-0.2, -0.15) is 5.10 Å². The monoisotopic (exact) mass is 297 g/mol. The molecule has 112 valence electrons. The summed E-state index contributed by atoms with van der Waals surface area (Å²) in [5.74, 6) is -0.404. The van der Waals surface area contributed by atoms with Crippen molar-refractivity contribution in [1.29, 1.82) is 0 Å². The first kappa shape index (κ1) is 15.4. The Balaban J connectivity index is 2.00. The molecule has 1 amide bonds. The molecule has 0 bridgehead atoms. The Morgan fingerprint density at radius 2 is 1.91 bits per heavy atom. The standard InChI is InChI=1S/C16H15N3O3/c1-12-6-2-3-8-14(12)11-17-18-16(20)10-13-7-4-5-9-15(13)19(21)22/h2-9,11H,10H2,1H3,(H,18,20)/b17-11+. The fourth-order valence-electron chi connectivity index (χ4n) is 1.96. The molecule has 0 fully saturated rings. The van der Waals surface area contributed by atoms with Crippen LogP contribution in [0.1, 0.15) is 16.7 Å². The number of hydrogen-bond acceptors (Lipinski definition) is 4. The minimum atomic E-state index is -0.501. The summed E-state index contributed by atoms with van der Waals surface area (Å²) in [6, 6.07) is 13.8. The third-order valence-electron chi connectivity index (χ3n) is 3.12. The van der Waals surface area contributed by atoms with E-state index in [0.717, 1.165) is 11.1 Å². The zero-order chi connectivity index (χ0) is 15.9. The van der Waals surface area contributed by atoms with E-state index in [1.165, 1.54) is 6.07 Å². The van der Waals surface area contributed by atoms with Crippen molar-refractivity contribution in [2.75, 3.05) is 0 Å². The van der Waals surface area contributed by atoms with Crippen LogP contribution in [-0.4, -0.2) is 17.0 Å². The van der Waals surface area contributed by atoms with Gasteiger partial charge in [0.2, 0.25) is 5.91 Å². The summed E-state index contributed by atoms with van der Waals surface area (Å²) in [5, 5.41) is 14.8. The van der Waals surface area contributed by atoms with Crippen LogP contribution >= 0.6 is 0 Å². The minimum absolute atomic E-state index is 0.0690. The maximum absolute atomic E-state index is 11.8. The van der Waals surface area contributed by atoms with Crippen LogP contribution in [0.3, 0.4) is 0 Å². The third kappa shape index (κ3) is 3.99. The smallest absolute Gasteiger partial charge is 0.273 e. The Labute approximate surface area is 127 Å². The van der Waals surface area contributed by atoms with Gasteiger partial charge in [-0.3, -0.25) is 14.9 Å². The molecular weight excluding hydrogens is 282 g/mol. The quantitative estimate of drug-likeness (QED) is 0.523. The van der Waals surface area contributed by atoms with E-state index in [2.05, 4.69) is 10.5 Å². The van der Waals surface area contributed by atoms with E-state index in [1.807, 2.05) is 31.2 Å². The molecular formula is C16H15N3O3. The lowest BCUT2D eigenvalue weighted by atomic mass is 10.1. The number of benzene rings is 2. The molecule has 0 aliphatic rings. The van der Waals surface area contributed by atoms with Crippen molar-refractivity contribution < 1.29 is 9.72 Å². The van der Waals surface area contributed by atoms with Gasteiger partial charge >= 0.3 is 0 Å². The van der Waals surface area contributed by atoms with Gasteiger partial charge in [0, 0.05) is 11.6 Å². The number of hydrazone groups is 1. The number of nitrogens with one attached hydrogen (secondary N) is 1. The zero-order valence-corrected chi connectivity index (χ0v) is 12.0. The highest BCUT2D eigenvalue weighted by Gasteiger charge is 2.14. The number of nitro groups is 1. The summed E-state index contributed by atoms with van der Waals surface area (Å²) >= 11 is 0. The molecule has 2 aromatic rings. The predicted molar refractivity (Wildman–Crippen MR) is 83.7 cm³/mol. The van der Waals surface area contributed by atoms with Crippen molar-refractivity contribution in [3.63, 3.8) is 0 Å². The second kappa shape index (κ2) is 7.12. The van der Waals surface area contributed by atoms with Crippen molar-refractivity contribution in [3.05, 3.63) is 75.3 Å². The SMILES string of the molecule is Cc1ccccc1/C=N/NC(=O)Cc1ccccc1[N+](=O)[O-]. The zero-order valence-electron chi connectivity index (χ0n) is 12.0. The molecule has 0 aromatic heterocycles. The molecule has 0 aliphatic carbocycles. The van der Waals surface area contributed by atoms with Crippen molar-refractivity contribution >= 4 is 17.8 Å². The maximum Gasteiger partial charge on any atom is 0.273 e. The van der Waals surface area contributed by atoms with Gasteiger partial charge in [0.25, 0.3) is 5.69 Å². The Kier molecular flexibility index (Phi) is 4.98. The molecule has 0 aliphatic heterocycles. The van der Waals surface area contributed by atoms with E-state index >= 15 is 0 Å². The second-order valence-electron chi connectivity index (χ2n) is 4.71. The van der Waals surface area contributed by atoms with Crippen molar-refractivity contribution in [1.82, 2.24) is 5.43 Å². The summed E-state index contributed by atoms with van der Waals surface area (Å²) < 4.78 is 0. The third-order valence-corrected chi connectivity index (χ3v) is 3.12. The molecule has 2 aromatic carbocycles. The van der Waals surface area contributed by atoms with E-state index in [0.29, 0.717) is 5.56 Å². The van der Waals surface area contributed by atoms with Gasteiger partial charge in [-0.05, 0) is 18.1 Å². The molecule has 0 saturated carbocycles. The number of nitrogens with zero attached hydrogens (tertiary/aromatic N) is 2. The van der Waals surface area contributed by atoms with Gasteiger partial charge < -0.3 is 0 Å². The first-order valence-electron chi connectivity index (χ1n) is 6.68. The Bertz CT molecular complexity index is 726. The number of para-hydroxylation sites is 1. The fraction of sp³-hybridized carbons (Fsp3) is 0.125. The number of rotatable bonds is 5. The van der Waals surface area contributed by atoms with E-state index < -0.39 is 10.8 Å². The molecule has 0 unspecified atom stereocenters. The molecule has 2 rings (SSSR count). The number of nitro benzene ring substituents is 1. The molecule has 0 heterocycles. The normalized spacial score (nSPS) is 10.6. The topological polar surface area (TPSA) is 84.6 Å². The van der Waals surface area contributed by atoms with Crippen LogP contribution in [0.15, 0.2) is 53.6 Å². The summed E-state index contributed by atoms with van der Waals surface area (Å²) in [5.41, 5.74) is 4.61. The van der Waals surface area contributed by atoms with Crippen LogP contribution in [0.4, 0.5) is 5.69 Å². The number of carbonyl (C=O) groups excluding carboxylic acids is 1. The molecule has 6 heteroatoms. The molecule has 6 nitrogen and oxygen atoms in total. The average Bonchev–Trinajstić information content (AvgIpc) is 2.49. The maximum atomic E-state index is 11.8. The van der Waals surface area contributed by atoms with Crippen LogP contribution in [0.5, 0.6) is 0 Å². The lowest BCUT2D eigenvalue weighted by molar-refractivity contribution is -0.385. The molecule has 1 N–H and O–H groups in total. The lowest BCUT2D eigenvalue weighted by Crippen LogP contribution is -2.20. The summed E-state index contributed by atoms with van der Waals surface area (Å²) in [7, 11) is 0. The van der Waals surface area contributed by atoms with Crippen molar-refractivity contribution in [2.45, 2.75) is 13.3 Å². The van der Waals surface area contributed by atoms with Gasteiger partial charge in [-0.25, -0.2) is 5.43 Å². The number of aryl methyl sites for hydroxylation is 1. The summed E-state index contributed by atoms with van der Waals surface area (Å²) in [6.45, 7) is 1.94. The Morgan fingerprint density at radius 3 is 2.64 bits per heavy atom. The Morgan fingerprint density at radius 1 is 1.23 bits per heavy atom. The van der Waals surface area contributed by atoms with Crippen LogP contribution in [0, 0.1) is 17.0 Å². The average molecular weight is 297 g/mol. The molecule has 0 radical (unpaired) electrons. The first-order valence-corrected chi connectivity index (χ1v) is 6.68. The van der Waals surface area contributed by atoms with Crippen LogP contribution in [0.2, 0.25) is 0 Å². The van der Waals surface area contributed by atoms with Crippen molar-refractivity contribution in [2.24, 2.45) is 5.10 Å². The summed E-state index contributed by atoms with van der Waals surface area (Å²) in [4.78, 5) is 22.2. The highest BCUT2D eigenvalue weighted by molar-refractivity contribution is 5.84. The van der Waals surface area contributed by atoms with Gasteiger partial charge in [-0.1, -0.05) is 42.5 Å². The molecule has 0 atom stereocenters. The van der Waals surface area contributed by atoms with E-state index in [4.69, 9.17) is 0 Å². The second-order valence-corrected chi connectivity index (χ2v) is 4.71. The molecule has 0 spiro atoms. The molecule has 0 saturated heterocycles. The predicted octanol–water partition coefficient (Wildman–Crippen LogP) is 2.60. The van der Waals surface area contributed by atoms with Gasteiger partial charge in [-0.15, -0.1) is 0 Å². The first-order chi connectivity index (χ1) is 10.6. The summed E-state index contributed by atoms with van der Waals surface area (Å²) in [6.07, 6.45) is 1.45. The van der Waals surface area contributed by atoms with Crippen molar-refractivity contribution in [3.8, 4) is 0 Å². The van der Waals surface area contributed by atoms with Gasteiger partial charge in [0.15, 0.2) is 0 Å². The number of hydrogen-bond donors (Lipinski definition) is 1. The highest BCUT2D eigenvalue weighted by atomic mass is 16.6. The van der Waals surface area contributed by atoms with Crippen LogP contribution in [-0.2, 0) is 11.2 Å². The number of amides is 1. The van der Waals surface area contributed by atoms with Crippen LogP contribution < -0.4 is 5.43 Å². The largest absolute Gasteiger partial charge is 0.273 e.